The number of nitrogens with zero attached hydrogens (tertiary/aromatic N) is 3. The summed E-state index contributed by atoms with van der Waals surface area (Å²) in [6, 6.07) is 5.89. The van der Waals surface area contributed by atoms with Gasteiger partial charge in [-0.25, -0.2) is 15.0 Å². The zero-order valence-electron chi connectivity index (χ0n) is 12.2. The number of hydrogen-bond acceptors (Lipinski definition) is 6. The molecule has 0 radical (unpaired) electrons. The van der Waals surface area contributed by atoms with Gasteiger partial charge >= 0.3 is 0 Å². The van der Waals surface area contributed by atoms with Crippen LogP contribution >= 0.6 is 11.3 Å². The molecule has 0 spiro atoms. The summed E-state index contributed by atoms with van der Waals surface area (Å²) in [7, 11) is 0. The van der Waals surface area contributed by atoms with Crippen molar-refractivity contribution in [3.05, 3.63) is 35.6 Å². The Morgan fingerprint density at radius 2 is 2.14 bits per heavy atom. The fourth-order valence-corrected chi connectivity index (χ4v) is 2.82. The lowest BCUT2D eigenvalue weighted by molar-refractivity contribution is -0.122. The van der Waals surface area contributed by atoms with Gasteiger partial charge in [-0.3, -0.25) is 4.79 Å². The summed E-state index contributed by atoms with van der Waals surface area (Å²) in [4.78, 5) is 21.7. The Kier molecular flexibility index (Phi) is 5.37. The monoisotopic (exact) mass is 317 g/mol. The average molecular weight is 317 g/mol. The van der Waals surface area contributed by atoms with Crippen LogP contribution in [0.4, 0.5) is 0 Å². The van der Waals surface area contributed by atoms with Crippen LogP contribution in [-0.2, 0) is 4.79 Å². The zero-order valence-corrected chi connectivity index (χ0v) is 13.0. The largest absolute Gasteiger partial charge is 0.483 e. The predicted molar refractivity (Wildman–Crippen MR) is 85.2 cm³/mol. The molecule has 0 unspecified atom stereocenters. The summed E-state index contributed by atoms with van der Waals surface area (Å²) in [5, 5.41) is 8.92. The minimum atomic E-state index is -0.250. The van der Waals surface area contributed by atoms with Gasteiger partial charge in [0.25, 0.3) is 6.47 Å². The van der Waals surface area contributed by atoms with E-state index in [2.05, 4.69) is 15.0 Å². The van der Waals surface area contributed by atoms with E-state index in [0.717, 1.165) is 27.3 Å². The molecule has 0 aliphatic heterocycles. The molecule has 0 amide bonds. The van der Waals surface area contributed by atoms with E-state index in [1.165, 1.54) is 0 Å². The van der Waals surface area contributed by atoms with Crippen LogP contribution in [0, 0.1) is 6.92 Å². The molecule has 0 aromatic carbocycles. The van der Waals surface area contributed by atoms with Crippen molar-refractivity contribution < 1.29 is 14.6 Å². The first kappa shape index (κ1) is 15.8. The maximum absolute atomic E-state index is 8.36. The summed E-state index contributed by atoms with van der Waals surface area (Å²) in [5.74, 6) is 1.38. The molecule has 0 aliphatic carbocycles. The van der Waals surface area contributed by atoms with Gasteiger partial charge in [0.2, 0.25) is 5.88 Å². The maximum Gasteiger partial charge on any atom is 0.290 e. The second kappa shape index (κ2) is 7.46. The quantitative estimate of drug-likeness (QED) is 0.747. The highest BCUT2D eigenvalue weighted by molar-refractivity contribution is 7.17. The Balaban J connectivity index is 0.000000545. The van der Waals surface area contributed by atoms with Crippen LogP contribution in [0.25, 0.3) is 21.5 Å². The molecular weight excluding hydrogens is 302 g/mol. The summed E-state index contributed by atoms with van der Waals surface area (Å²) in [5.41, 5.74) is 2.79. The Morgan fingerprint density at radius 1 is 1.36 bits per heavy atom. The summed E-state index contributed by atoms with van der Waals surface area (Å²) >= 11 is 1.64. The SMILES string of the molecule is CCOc1ncccc1-c1nc(C)nc2ccsc12.O=CO. The molecule has 6 nitrogen and oxygen atoms in total. The molecule has 1 N–H and O–H groups in total. The Bertz CT molecular complexity index is 774. The molecule has 114 valence electrons. The van der Waals surface area contributed by atoms with Crippen LogP contribution < -0.4 is 4.74 Å². The standard InChI is InChI=1S/C14H13N3OS.CH2O2/c1-3-18-14-10(5-4-7-15-14)12-13-11(6-8-19-13)16-9(2)17-12;2-1-3/h4-8H,3H2,1-2H3;1H,(H,2,3). The fraction of sp³-hybridized carbons (Fsp3) is 0.200. The highest BCUT2D eigenvalue weighted by Crippen LogP contribution is 2.34. The Morgan fingerprint density at radius 3 is 2.86 bits per heavy atom. The highest BCUT2D eigenvalue weighted by Gasteiger charge is 2.14. The third-order valence-electron chi connectivity index (χ3n) is 2.72. The van der Waals surface area contributed by atoms with Crippen molar-refractivity contribution >= 4 is 28.0 Å². The lowest BCUT2D eigenvalue weighted by Crippen LogP contribution is -1.99. The van der Waals surface area contributed by atoms with E-state index in [9.17, 15) is 0 Å². The van der Waals surface area contributed by atoms with E-state index in [4.69, 9.17) is 14.6 Å². The molecule has 22 heavy (non-hydrogen) atoms. The molecule has 0 saturated carbocycles. The molecule has 3 heterocycles. The van der Waals surface area contributed by atoms with Gasteiger partial charge in [-0.1, -0.05) is 0 Å². The van der Waals surface area contributed by atoms with Crippen LogP contribution in [0.5, 0.6) is 5.88 Å². The molecule has 0 saturated heterocycles. The number of aromatic nitrogens is 3. The van der Waals surface area contributed by atoms with Crippen molar-refractivity contribution in [2.45, 2.75) is 13.8 Å². The highest BCUT2D eigenvalue weighted by atomic mass is 32.1. The predicted octanol–water partition coefficient (Wildman–Crippen LogP) is 3.16. The van der Waals surface area contributed by atoms with Crippen LogP contribution in [0.2, 0.25) is 0 Å². The van der Waals surface area contributed by atoms with E-state index in [-0.39, 0.29) is 6.47 Å². The lowest BCUT2D eigenvalue weighted by atomic mass is 10.2. The van der Waals surface area contributed by atoms with Gasteiger partial charge in [-0.05, 0) is 37.4 Å². The number of ether oxygens (including phenoxy) is 1. The maximum atomic E-state index is 8.36. The van der Waals surface area contributed by atoms with Gasteiger partial charge in [0.05, 0.1) is 28.1 Å². The van der Waals surface area contributed by atoms with Crippen LogP contribution in [-0.4, -0.2) is 33.1 Å². The second-order valence-electron chi connectivity index (χ2n) is 4.15. The first-order chi connectivity index (χ1) is 10.7. The number of thiophene rings is 1. The molecular formula is C15H15N3O3S. The average Bonchev–Trinajstić information content (AvgIpc) is 2.96. The van der Waals surface area contributed by atoms with Crippen LogP contribution in [0.3, 0.4) is 0 Å². The van der Waals surface area contributed by atoms with E-state index < -0.39 is 0 Å². The van der Waals surface area contributed by atoms with Crippen molar-refractivity contribution in [1.29, 1.82) is 0 Å². The first-order valence-corrected chi connectivity index (χ1v) is 7.47. The molecule has 3 rings (SSSR count). The molecule has 0 bridgehead atoms. The van der Waals surface area contributed by atoms with Crippen LogP contribution in [0.15, 0.2) is 29.8 Å². The number of hydrogen-bond donors (Lipinski definition) is 1. The van der Waals surface area contributed by atoms with E-state index in [1.54, 1.807) is 17.5 Å². The number of carboxylic acid groups (broad SMARTS) is 1. The van der Waals surface area contributed by atoms with Gasteiger partial charge in [0, 0.05) is 6.20 Å². The minimum Gasteiger partial charge on any atom is -0.483 e. The first-order valence-electron chi connectivity index (χ1n) is 6.59. The molecule has 3 aromatic rings. The lowest BCUT2D eigenvalue weighted by Gasteiger charge is -2.09. The van der Waals surface area contributed by atoms with Crippen molar-refractivity contribution in [2.75, 3.05) is 6.61 Å². The number of aryl methyl sites for hydroxylation is 1. The number of rotatable bonds is 3. The normalized spacial score (nSPS) is 9.91. The number of fused-ring (bicyclic) bond motifs is 1. The van der Waals surface area contributed by atoms with Gasteiger partial charge < -0.3 is 9.84 Å². The molecule has 0 fully saturated rings. The fourth-order valence-electron chi connectivity index (χ4n) is 1.98. The Hall–Kier alpha value is -2.54. The van der Waals surface area contributed by atoms with Crippen molar-refractivity contribution in [2.24, 2.45) is 0 Å². The third-order valence-corrected chi connectivity index (χ3v) is 3.63. The molecule has 7 heteroatoms. The molecule has 0 aliphatic rings. The second-order valence-corrected chi connectivity index (χ2v) is 5.07. The molecule has 3 aromatic heterocycles. The number of pyridine rings is 1. The summed E-state index contributed by atoms with van der Waals surface area (Å²) in [6.45, 7) is 4.18. The van der Waals surface area contributed by atoms with E-state index in [0.29, 0.717) is 12.5 Å². The Labute approximate surface area is 131 Å². The van der Waals surface area contributed by atoms with Gasteiger partial charge in [-0.2, -0.15) is 0 Å². The van der Waals surface area contributed by atoms with E-state index in [1.807, 2.05) is 37.4 Å². The summed E-state index contributed by atoms with van der Waals surface area (Å²) < 4.78 is 6.66. The van der Waals surface area contributed by atoms with Gasteiger partial charge in [0.1, 0.15) is 5.82 Å². The minimum absolute atomic E-state index is 0.250. The smallest absolute Gasteiger partial charge is 0.290 e. The topological polar surface area (TPSA) is 85.2 Å². The zero-order chi connectivity index (χ0) is 15.9. The van der Waals surface area contributed by atoms with E-state index >= 15 is 0 Å². The van der Waals surface area contributed by atoms with Gasteiger partial charge in [-0.15, -0.1) is 11.3 Å². The third kappa shape index (κ3) is 3.37. The summed E-state index contributed by atoms with van der Waals surface area (Å²) in [6.07, 6.45) is 1.73. The molecule has 0 atom stereocenters. The van der Waals surface area contributed by atoms with Gasteiger partial charge in [0.15, 0.2) is 0 Å². The van der Waals surface area contributed by atoms with Crippen LogP contribution in [0.1, 0.15) is 12.7 Å². The number of carbonyl (C=O) groups is 1. The van der Waals surface area contributed by atoms with Crippen molar-refractivity contribution in [3.8, 4) is 17.1 Å². The van der Waals surface area contributed by atoms with Crippen molar-refractivity contribution in [3.63, 3.8) is 0 Å². The van der Waals surface area contributed by atoms with Crippen molar-refractivity contribution in [1.82, 2.24) is 15.0 Å².